The van der Waals surface area contributed by atoms with Gasteiger partial charge in [-0.2, -0.15) is 5.10 Å². The monoisotopic (exact) mass is 341 g/mol. The summed E-state index contributed by atoms with van der Waals surface area (Å²) in [5, 5.41) is 16.7. The fourth-order valence-electron chi connectivity index (χ4n) is 2.40. The van der Waals surface area contributed by atoms with Crippen molar-refractivity contribution in [3.05, 3.63) is 64.1 Å². The molecule has 0 fully saturated rings. The lowest BCUT2D eigenvalue weighted by molar-refractivity contribution is 0.0942. The molecule has 0 saturated carbocycles. The number of amides is 1. The van der Waals surface area contributed by atoms with Gasteiger partial charge in [-0.3, -0.25) is 4.79 Å². The van der Waals surface area contributed by atoms with Crippen LogP contribution in [0.2, 0.25) is 0 Å². The van der Waals surface area contributed by atoms with Crippen LogP contribution in [0.1, 0.15) is 41.5 Å². The number of H-pyrrole nitrogens is 2. The molecule has 2 heterocycles. The molecule has 0 unspecified atom stereocenters. The minimum absolute atomic E-state index is 0.0779. The van der Waals surface area contributed by atoms with E-state index in [4.69, 9.17) is 0 Å². The van der Waals surface area contributed by atoms with Crippen molar-refractivity contribution in [3.63, 3.8) is 0 Å². The Bertz CT molecular complexity index is 934. The highest BCUT2D eigenvalue weighted by atomic mass is 16.3. The molecule has 0 radical (unpaired) electrons. The Kier molecular flexibility index (Phi) is 4.42. The maximum absolute atomic E-state index is 12.2. The van der Waals surface area contributed by atoms with Gasteiger partial charge >= 0.3 is 5.69 Å². The molecule has 8 heteroatoms. The Morgan fingerprint density at radius 1 is 1.32 bits per heavy atom. The lowest BCUT2D eigenvalue weighted by Crippen LogP contribution is -2.24. The summed E-state index contributed by atoms with van der Waals surface area (Å²) in [7, 11) is 0. The van der Waals surface area contributed by atoms with E-state index < -0.39 is 5.91 Å². The topological polar surface area (TPSA) is 116 Å². The zero-order valence-corrected chi connectivity index (χ0v) is 13.9. The number of carbonyl (C=O) groups is 1. The van der Waals surface area contributed by atoms with Gasteiger partial charge in [-0.15, -0.1) is 0 Å². The number of nitrogens with one attached hydrogen (secondary N) is 3. The van der Waals surface area contributed by atoms with Crippen LogP contribution < -0.4 is 11.0 Å². The van der Waals surface area contributed by atoms with Crippen LogP contribution >= 0.6 is 0 Å². The highest BCUT2D eigenvalue weighted by molar-refractivity contribution is 5.94. The van der Waals surface area contributed by atoms with E-state index in [-0.39, 0.29) is 23.7 Å². The average molecular weight is 341 g/mol. The molecule has 0 aliphatic carbocycles. The summed E-state index contributed by atoms with van der Waals surface area (Å²) in [4.78, 5) is 28.2. The van der Waals surface area contributed by atoms with E-state index in [1.165, 1.54) is 22.6 Å². The van der Waals surface area contributed by atoms with Crippen molar-refractivity contribution in [2.45, 2.75) is 26.3 Å². The summed E-state index contributed by atoms with van der Waals surface area (Å²) in [6, 6.07) is 7.74. The van der Waals surface area contributed by atoms with E-state index in [1.54, 1.807) is 0 Å². The quantitative estimate of drug-likeness (QED) is 0.564. The summed E-state index contributed by atoms with van der Waals surface area (Å²) >= 11 is 0. The number of hydrogen-bond donors (Lipinski definition) is 4. The molecule has 130 valence electrons. The van der Waals surface area contributed by atoms with Crippen LogP contribution in [0.15, 0.2) is 41.5 Å². The van der Waals surface area contributed by atoms with Gasteiger partial charge in [0.2, 0.25) is 0 Å². The van der Waals surface area contributed by atoms with Crippen molar-refractivity contribution in [2.24, 2.45) is 0 Å². The molecule has 3 aromatic rings. The Balaban J connectivity index is 1.74. The zero-order chi connectivity index (χ0) is 18.0. The van der Waals surface area contributed by atoms with Crippen molar-refractivity contribution in [1.82, 2.24) is 25.1 Å². The standard InChI is InChI=1S/C17H19N5O3/c1-10(2)11-3-5-13(6-4-11)22-9-14(23)15(21-22)16(24)18-7-12-8-19-17(25)20-12/h3-6,8-10,23H,7H2,1-2H3,(H,18,24)(H2,19,20,25). The molecule has 0 atom stereocenters. The van der Waals surface area contributed by atoms with E-state index in [9.17, 15) is 14.7 Å². The number of nitrogens with zero attached hydrogens (tertiary/aromatic N) is 2. The van der Waals surface area contributed by atoms with Crippen LogP contribution in [-0.2, 0) is 6.54 Å². The first-order valence-corrected chi connectivity index (χ1v) is 7.88. The average Bonchev–Trinajstić information content (AvgIpc) is 3.18. The molecule has 0 aliphatic rings. The Morgan fingerprint density at radius 2 is 2.04 bits per heavy atom. The number of rotatable bonds is 5. The Hall–Kier alpha value is -3.29. The highest BCUT2D eigenvalue weighted by Crippen LogP contribution is 2.20. The minimum Gasteiger partial charge on any atom is -0.504 e. The molecule has 4 N–H and O–H groups in total. The number of aromatic amines is 2. The predicted molar refractivity (Wildman–Crippen MR) is 91.9 cm³/mol. The van der Waals surface area contributed by atoms with E-state index in [2.05, 4.69) is 34.2 Å². The number of benzene rings is 1. The molecule has 2 aromatic heterocycles. The number of aromatic hydroxyl groups is 1. The second kappa shape index (κ2) is 6.68. The van der Waals surface area contributed by atoms with Gasteiger partial charge in [-0.05, 0) is 23.6 Å². The molecule has 0 aliphatic heterocycles. The molecule has 8 nitrogen and oxygen atoms in total. The van der Waals surface area contributed by atoms with Crippen molar-refractivity contribution < 1.29 is 9.90 Å². The van der Waals surface area contributed by atoms with Gasteiger partial charge in [-0.25, -0.2) is 9.48 Å². The molecular weight excluding hydrogens is 322 g/mol. The van der Waals surface area contributed by atoms with Crippen molar-refractivity contribution in [2.75, 3.05) is 0 Å². The second-order valence-electron chi connectivity index (χ2n) is 6.00. The molecule has 0 spiro atoms. The van der Waals surface area contributed by atoms with E-state index in [0.717, 1.165) is 5.69 Å². The number of aromatic nitrogens is 4. The first-order valence-electron chi connectivity index (χ1n) is 7.88. The second-order valence-corrected chi connectivity index (χ2v) is 6.00. The number of hydrogen-bond acceptors (Lipinski definition) is 4. The van der Waals surface area contributed by atoms with Crippen molar-refractivity contribution >= 4 is 5.91 Å². The van der Waals surface area contributed by atoms with E-state index in [1.807, 2.05) is 24.3 Å². The van der Waals surface area contributed by atoms with Gasteiger partial charge in [-0.1, -0.05) is 26.0 Å². The maximum Gasteiger partial charge on any atom is 0.323 e. The van der Waals surface area contributed by atoms with Crippen LogP contribution in [-0.4, -0.2) is 30.8 Å². The highest BCUT2D eigenvalue weighted by Gasteiger charge is 2.17. The summed E-state index contributed by atoms with van der Waals surface area (Å²) in [5.74, 6) is -0.327. The summed E-state index contributed by atoms with van der Waals surface area (Å²) in [6.45, 7) is 4.33. The minimum atomic E-state index is -0.530. The van der Waals surface area contributed by atoms with Gasteiger partial charge in [0.25, 0.3) is 5.91 Å². The van der Waals surface area contributed by atoms with Gasteiger partial charge in [0, 0.05) is 6.20 Å². The number of imidazole rings is 1. The third kappa shape index (κ3) is 3.63. The lowest BCUT2D eigenvalue weighted by Gasteiger charge is -2.06. The molecule has 0 bridgehead atoms. The summed E-state index contributed by atoms with van der Waals surface area (Å²) in [5.41, 5.74) is 2.04. The maximum atomic E-state index is 12.2. The van der Waals surface area contributed by atoms with Crippen LogP contribution in [0.5, 0.6) is 5.75 Å². The van der Waals surface area contributed by atoms with Crippen LogP contribution in [0.25, 0.3) is 5.69 Å². The van der Waals surface area contributed by atoms with Crippen LogP contribution in [0.3, 0.4) is 0 Å². The fourth-order valence-corrected chi connectivity index (χ4v) is 2.40. The SMILES string of the molecule is CC(C)c1ccc(-n2cc(O)c(C(=O)NCc3c[nH]c(=O)[nH]3)n2)cc1. The van der Waals surface area contributed by atoms with Crippen molar-refractivity contribution in [3.8, 4) is 11.4 Å². The summed E-state index contributed by atoms with van der Waals surface area (Å²) in [6.07, 6.45) is 2.86. The molecule has 1 amide bonds. The molecule has 1 aromatic carbocycles. The van der Waals surface area contributed by atoms with E-state index in [0.29, 0.717) is 11.6 Å². The Labute approximate surface area is 143 Å². The van der Waals surface area contributed by atoms with Crippen LogP contribution in [0.4, 0.5) is 0 Å². The third-order valence-electron chi connectivity index (χ3n) is 3.83. The van der Waals surface area contributed by atoms with E-state index >= 15 is 0 Å². The first kappa shape index (κ1) is 16.6. The zero-order valence-electron chi connectivity index (χ0n) is 13.9. The van der Waals surface area contributed by atoms with Crippen LogP contribution in [0, 0.1) is 0 Å². The third-order valence-corrected chi connectivity index (χ3v) is 3.83. The first-order chi connectivity index (χ1) is 11.9. The van der Waals surface area contributed by atoms with Gasteiger partial charge in [0.05, 0.1) is 24.1 Å². The Morgan fingerprint density at radius 3 is 2.64 bits per heavy atom. The molecular formula is C17H19N5O3. The van der Waals surface area contributed by atoms with Gasteiger partial charge in [0.15, 0.2) is 11.4 Å². The lowest BCUT2D eigenvalue weighted by atomic mass is 10.0. The fraction of sp³-hybridized carbons (Fsp3) is 0.235. The largest absolute Gasteiger partial charge is 0.504 e. The van der Waals surface area contributed by atoms with Gasteiger partial charge < -0.3 is 20.4 Å². The number of carbonyl (C=O) groups excluding carboxylic acids is 1. The predicted octanol–water partition coefficient (Wildman–Crippen LogP) is 1.65. The normalized spacial score (nSPS) is 11.0. The van der Waals surface area contributed by atoms with Gasteiger partial charge in [0.1, 0.15) is 0 Å². The summed E-state index contributed by atoms with van der Waals surface area (Å²) < 4.78 is 1.45. The molecule has 3 rings (SSSR count). The van der Waals surface area contributed by atoms with Crippen molar-refractivity contribution in [1.29, 1.82) is 0 Å². The molecule has 25 heavy (non-hydrogen) atoms. The molecule has 0 saturated heterocycles. The smallest absolute Gasteiger partial charge is 0.323 e.